The number of nitrogens with zero attached hydrogens (tertiary/aromatic N) is 4. The average molecular weight is 576 g/mol. The number of fused-ring (bicyclic) bond motifs is 3. The minimum atomic E-state index is -0.620. The van der Waals surface area contributed by atoms with Crippen LogP contribution in [0.5, 0.6) is 0 Å². The Labute approximate surface area is 249 Å². The van der Waals surface area contributed by atoms with Crippen LogP contribution < -0.4 is 5.32 Å². The minimum absolute atomic E-state index is 0.0625. The molecule has 1 amide bonds. The van der Waals surface area contributed by atoms with Gasteiger partial charge >= 0.3 is 0 Å². The van der Waals surface area contributed by atoms with Crippen molar-refractivity contribution in [2.24, 2.45) is 5.92 Å². The highest BCUT2D eigenvalue weighted by Gasteiger charge is 2.59. The summed E-state index contributed by atoms with van der Waals surface area (Å²) < 4.78 is 22.0. The second-order valence-corrected chi connectivity index (χ2v) is 11.2. The third-order valence-corrected chi connectivity index (χ3v) is 8.40. The number of anilines is 1. The number of carbonyl (C=O) groups is 1. The minimum Gasteiger partial charge on any atom is -0.374 e. The van der Waals surface area contributed by atoms with Crippen molar-refractivity contribution in [3.05, 3.63) is 120 Å². The van der Waals surface area contributed by atoms with E-state index in [1.54, 1.807) is 18.5 Å². The predicted octanol–water partition coefficient (Wildman–Crippen LogP) is 5.95. The quantitative estimate of drug-likeness (QED) is 0.220. The van der Waals surface area contributed by atoms with Crippen LogP contribution in [0.2, 0.25) is 0 Å². The third-order valence-electron chi connectivity index (χ3n) is 8.40. The summed E-state index contributed by atoms with van der Waals surface area (Å²) in [7, 11) is 0. The molecule has 0 unspecified atom stereocenters. The summed E-state index contributed by atoms with van der Waals surface area (Å²) in [5.41, 5.74) is 3.25. The lowest BCUT2D eigenvalue weighted by molar-refractivity contribution is -0.162. The van der Waals surface area contributed by atoms with Crippen LogP contribution in [0.4, 0.5) is 5.82 Å². The monoisotopic (exact) mass is 575 g/mol. The first-order valence-corrected chi connectivity index (χ1v) is 14.7. The van der Waals surface area contributed by atoms with E-state index in [1.807, 2.05) is 59.2 Å². The van der Waals surface area contributed by atoms with Crippen LogP contribution in [0.3, 0.4) is 0 Å². The van der Waals surface area contributed by atoms with E-state index < -0.39 is 5.60 Å². The molecule has 1 N–H and O–H groups in total. The van der Waals surface area contributed by atoms with E-state index in [0.29, 0.717) is 42.4 Å². The molecule has 9 heteroatoms. The number of hydrogen-bond acceptors (Lipinski definition) is 7. The second-order valence-electron chi connectivity index (χ2n) is 11.2. The molecule has 5 aromatic rings. The number of nitrogens with one attached hydrogen (secondary N) is 1. The van der Waals surface area contributed by atoms with Gasteiger partial charge in [0.15, 0.2) is 17.0 Å². The number of hydrogen-bond donors (Lipinski definition) is 1. The summed E-state index contributed by atoms with van der Waals surface area (Å²) in [6.45, 7) is 1.40. The van der Waals surface area contributed by atoms with Crippen molar-refractivity contribution in [3.8, 4) is 0 Å². The van der Waals surface area contributed by atoms with Gasteiger partial charge in [-0.05, 0) is 42.5 Å². The van der Waals surface area contributed by atoms with E-state index in [1.165, 1.54) is 6.33 Å². The van der Waals surface area contributed by atoms with E-state index in [9.17, 15) is 4.79 Å². The van der Waals surface area contributed by atoms with Gasteiger partial charge in [-0.3, -0.25) is 9.36 Å². The number of aromatic nitrogens is 4. The fourth-order valence-electron chi connectivity index (χ4n) is 6.37. The molecule has 7 rings (SSSR count). The Hall–Kier alpha value is -4.44. The standard InChI is InChI=1S/C34H33N5O4/c40-32(26-15-8-3-9-16-26)38-30-28-31(36-22-35-30)39(23-37-28)33-27-17-10-18-34(43-33,21-41-19-24-11-4-1-5-12-24)29(27)42-20-25-13-6-2-7-14-25/h1-9,11-16,22-23,27,29,33H,10,17-21H2,(H,35,36,38,40)/t27-,29+,33-,34-/m1/s1. The molecular formula is C34H33N5O4. The van der Waals surface area contributed by atoms with Gasteiger partial charge in [-0.15, -0.1) is 0 Å². The molecule has 1 saturated heterocycles. The molecule has 3 aromatic carbocycles. The van der Waals surface area contributed by atoms with Gasteiger partial charge in [0, 0.05) is 11.5 Å². The largest absolute Gasteiger partial charge is 0.374 e. The molecule has 2 aliphatic rings. The van der Waals surface area contributed by atoms with E-state index in [-0.39, 0.29) is 24.2 Å². The van der Waals surface area contributed by atoms with Gasteiger partial charge in [0.1, 0.15) is 18.2 Å². The Morgan fingerprint density at radius 1 is 0.907 bits per heavy atom. The Morgan fingerprint density at radius 2 is 1.60 bits per heavy atom. The van der Waals surface area contributed by atoms with Crippen LogP contribution in [0.25, 0.3) is 11.2 Å². The highest BCUT2D eigenvalue weighted by Crippen LogP contribution is 2.52. The molecule has 43 heavy (non-hydrogen) atoms. The first-order valence-electron chi connectivity index (χ1n) is 14.7. The zero-order valence-electron chi connectivity index (χ0n) is 23.7. The zero-order valence-corrected chi connectivity index (χ0v) is 23.7. The molecule has 2 fully saturated rings. The zero-order chi connectivity index (χ0) is 29.1. The predicted molar refractivity (Wildman–Crippen MR) is 161 cm³/mol. The average Bonchev–Trinajstić information content (AvgIpc) is 3.55. The SMILES string of the molecule is O=C(Nc1ncnc2c1ncn2[C@@H]1O[C@@]2(COCc3ccccc3)CCC[C@@H]1[C@@H]2OCc1ccccc1)c1ccccc1. The second kappa shape index (κ2) is 12.0. The van der Waals surface area contributed by atoms with Gasteiger partial charge < -0.3 is 19.5 Å². The molecule has 3 heterocycles. The van der Waals surface area contributed by atoms with Crippen molar-refractivity contribution in [1.29, 1.82) is 0 Å². The maximum absolute atomic E-state index is 12.9. The lowest BCUT2D eigenvalue weighted by Gasteiger charge is -2.38. The number of amides is 1. The Balaban J connectivity index is 1.17. The smallest absolute Gasteiger partial charge is 0.256 e. The summed E-state index contributed by atoms with van der Waals surface area (Å²) in [6, 6.07) is 29.4. The molecule has 2 aromatic heterocycles. The molecule has 1 aliphatic heterocycles. The number of imidazole rings is 1. The summed E-state index contributed by atoms with van der Waals surface area (Å²) in [4.78, 5) is 26.4. The third kappa shape index (κ3) is 5.54. The first-order chi connectivity index (χ1) is 21.2. The van der Waals surface area contributed by atoms with Crippen molar-refractivity contribution >= 4 is 22.9 Å². The van der Waals surface area contributed by atoms with Crippen LogP contribution >= 0.6 is 0 Å². The van der Waals surface area contributed by atoms with Gasteiger partial charge in [-0.25, -0.2) is 15.0 Å². The van der Waals surface area contributed by atoms with E-state index in [4.69, 9.17) is 14.2 Å². The molecular weight excluding hydrogens is 542 g/mol. The molecule has 0 radical (unpaired) electrons. The van der Waals surface area contributed by atoms with Gasteiger partial charge in [-0.2, -0.15) is 0 Å². The maximum atomic E-state index is 12.9. The fourth-order valence-corrected chi connectivity index (χ4v) is 6.37. The van der Waals surface area contributed by atoms with Gasteiger partial charge in [0.25, 0.3) is 5.91 Å². The van der Waals surface area contributed by atoms with E-state index in [0.717, 1.165) is 30.4 Å². The topological polar surface area (TPSA) is 100 Å². The normalized spacial score (nSPS) is 22.9. The number of rotatable bonds is 10. The van der Waals surface area contributed by atoms with Gasteiger partial charge in [-0.1, -0.05) is 78.9 Å². The molecule has 0 spiro atoms. The van der Waals surface area contributed by atoms with Crippen molar-refractivity contribution in [3.63, 3.8) is 0 Å². The summed E-state index contributed by atoms with van der Waals surface area (Å²) in [5, 5.41) is 2.90. The first kappa shape index (κ1) is 27.4. The Bertz CT molecular complexity index is 1680. The van der Waals surface area contributed by atoms with Crippen LogP contribution in [0.15, 0.2) is 104 Å². The highest BCUT2D eigenvalue weighted by atomic mass is 16.6. The molecule has 9 nitrogen and oxygen atoms in total. The van der Waals surface area contributed by atoms with Crippen LogP contribution in [0.1, 0.15) is 47.0 Å². The molecule has 218 valence electrons. The summed E-state index contributed by atoms with van der Waals surface area (Å²) >= 11 is 0. The Kier molecular flexibility index (Phi) is 7.67. The maximum Gasteiger partial charge on any atom is 0.256 e. The Morgan fingerprint density at radius 3 is 2.35 bits per heavy atom. The molecule has 2 bridgehead atoms. The van der Waals surface area contributed by atoms with Crippen LogP contribution in [0, 0.1) is 5.92 Å². The van der Waals surface area contributed by atoms with Gasteiger partial charge in [0.05, 0.1) is 32.3 Å². The fraction of sp³-hybridized carbons (Fsp3) is 0.294. The van der Waals surface area contributed by atoms with E-state index >= 15 is 0 Å². The summed E-state index contributed by atoms with van der Waals surface area (Å²) in [6.07, 6.45) is 5.40. The lowest BCUT2D eigenvalue weighted by atomic mass is 9.77. The number of carbonyl (C=O) groups excluding carboxylic acids is 1. The van der Waals surface area contributed by atoms with Crippen molar-refractivity contribution < 1.29 is 19.0 Å². The van der Waals surface area contributed by atoms with Crippen LogP contribution in [-0.4, -0.2) is 43.7 Å². The van der Waals surface area contributed by atoms with Crippen molar-refractivity contribution in [2.45, 2.75) is 50.4 Å². The van der Waals surface area contributed by atoms with Crippen molar-refractivity contribution in [2.75, 3.05) is 11.9 Å². The number of benzene rings is 3. The molecule has 1 saturated carbocycles. The number of ether oxygens (including phenoxy) is 3. The van der Waals surface area contributed by atoms with Crippen molar-refractivity contribution in [1.82, 2.24) is 19.5 Å². The summed E-state index contributed by atoms with van der Waals surface area (Å²) in [5.74, 6) is 0.163. The highest BCUT2D eigenvalue weighted by molar-refractivity contribution is 6.06. The lowest BCUT2D eigenvalue weighted by Crippen LogP contribution is -2.49. The van der Waals surface area contributed by atoms with Gasteiger partial charge in [0.2, 0.25) is 0 Å². The van der Waals surface area contributed by atoms with E-state index in [2.05, 4.69) is 44.5 Å². The molecule has 1 aliphatic carbocycles. The van der Waals surface area contributed by atoms with Crippen LogP contribution in [-0.2, 0) is 27.4 Å². The molecule has 4 atom stereocenters.